The maximum absolute atomic E-state index is 12.8. The van der Waals surface area contributed by atoms with Crippen LogP contribution < -0.4 is 28.8 Å². The van der Waals surface area contributed by atoms with Crippen LogP contribution in [-0.4, -0.2) is 17.6 Å². The van der Waals surface area contributed by atoms with Crippen LogP contribution in [0, 0.1) is 17.2 Å². The Kier molecular flexibility index (Phi) is 8.64. The van der Waals surface area contributed by atoms with Gasteiger partial charge < -0.3 is 4.74 Å². The van der Waals surface area contributed by atoms with Crippen LogP contribution in [0.4, 0.5) is 0 Å². The summed E-state index contributed by atoms with van der Waals surface area (Å²) in [5.41, 5.74) is 3.22. The zero-order valence-electron chi connectivity index (χ0n) is 17.8. The van der Waals surface area contributed by atoms with Gasteiger partial charge in [0.05, 0.1) is 6.61 Å². The number of halogens is 1. The highest BCUT2D eigenvalue weighted by Gasteiger charge is 2.26. The molecule has 2 aromatic carbocycles. The first-order chi connectivity index (χ1) is 15.1. The van der Waals surface area contributed by atoms with E-state index in [9.17, 15) is 9.59 Å². The van der Waals surface area contributed by atoms with Crippen LogP contribution in [0.15, 0.2) is 59.4 Å². The molecule has 170 valence electrons. The molecule has 0 spiro atoms. The van der Waals surface area contributed by atoms with E-state index < -0.39 is 10.2 Å². The summed E-state index contributed by atoms with van der Waals surface area (Å²) in [7, 11) is -4.94. The molecule has 32 heavy (non-hydrogen) atoms. The highest BCUT2D eigenvalue weighted by atomic mass is 35.7. The van der Waals surface area contributed by atoms with Gasteiger partial charge in [-0.2, -0.15) is 4.57 Å². The number of carbonyl (C=O) groups is 1. The van der Waals surface area contributed by atoms with E-state index in [1.165, 1.54) is 0 Å². The summed E-state index contributed by atoms with van der Waals surface area (Å²) in [6.45, 7) is 5.96. The van der Waals surface area contributed by atoms with Crippen molar-refractivity contribution in [2.45, 2.75) is 27.2 Å². The molecular formula is C22H23ClN2O7. The molecule has 0 saturated carbocycles. The average molecular weight is 463 g/mol. The summed E-state index contributed by atoms with van der Waals surface area (Å²) < 4.78 is 41.1. The van der Waals surface area contributed by atoms with Crippen LogP contribution in [0.1, 0.15) is 35.7 Å². The minimum Gasteiger partial charge on any atom is -0.462 e. The fraction of sp³-hybridized carbons (Fsp3) is 0.227. The molecule has 0 aliphatic heterocycles. The molecule has 0 fully saturated rings. The van der Waals surface area contributed by atoms with Gasteiger partial charge in [-0.05, 0) is 31.5 Å². The minimum atomic E-state index is -4.94. The van der Waals surface area contributed by atoms with Crippen molar-refractivity contribution in [1.29, 1.82) is 0 Å². The van der Waals surface area contributed by atoms with Crippen LogP contribution in [0.5, 0.6) is 0 Å². The first-order valence-electron chi connectivity index (χ1n) is 9.69. The Bertz CT molecular complexity index is 1120. The van der Waals surface area contributed by atoms with Gasteiger partial charge in [-0.15, -0.1) is 10.2 Å². The third kappa shape index (κ3) is 6.46. The standard InChI is InChI=1S/C22H22N2O3.ClHO4/c1-4-19-23-21(25)20(16-11-7-6-8-12-16)15(3)24(19)18-14-10-9-13-17(18)22(26)27-5-2;2-1(3,4)5/h6-14H,4-5H2,1-3H3;(H,2,3,4,5). The molecule has 10 heteroatoms. The quantitative estimate of drug-likeness (QED) is 0.361. The number of H-pyrrole nitrogens is 1. The largest absolute Gasteiger partial charge is 0.462 e. The van der Waals surface area contributed by atoms with Crippen molar-refractivity contribution < 1.29 is 43.0 Å². The number of nitrogens with one attached hydrogen (secondary N) is 1. The number of hydrogen-bond acceptors (Lipinski definition) is 7. The summed E-state index contributed by atoms with van der Waals surface area (Å²) in [6, 6.07) is 16.8. The van der Waals surface area contributed by atoms with Crippen LogP contribution >= 0.6 is 0 Å². The molecule has 3 aromatic rings. The highest BCUT2D eigenvalue weighted by molar-refractivity contribution is 5.92. The minimum absolute atomic E-state index is 0.139. The van der Waals surface area contributed by atoms with Crippen LogP contribution in [-0.2, 0) is 11.2 Å². The Hall–Kier alpha value is -3.08. The molecule has 1 aromatic heterocycles. The Labute approximate surface area is 186 Å². The van der Waals surface area contributed by atoms with Crippen LogP contribution in [0.3, 0.4) is 0 Å². The van der Waals surface area contributed by atoms with Gasteiger partial charge in [0, 0.05) is 6.42 Å². The first kappa shape index (κ1) is 25.2. The zero-order valence-corrected chi connectivity index (χ0v) is 18.5. The van der Waals surface area contributed by atoms with E-state index in [1.807, 2.05) is 60.9 Å². The second kappa shape index (κ2) is 11.0. The number of aromatic amines is 1. The summed E-state index contributed by atoms with van der Waals surface area (Å²) in [6.07, 6.45) is 0.613. The predicted octanol–water partition coefficient (Wildman–Crippen LogP) is -1.39. The number of benzene rings is 2. The lowest BCUT2D eigenvalue weighted by Crippen LogP contribution is -2.68. The maximum atomic E-state index is 12.8. The number of rotatable bonds is 5. The fourth-order valence-corrected chi connectivity index (χ4v) is 3.30. The topological polar surface area (TPSA) is 155 Å². The monoisotopic (exact) mass is 462 g/mol. The van der Waals surface area contributed by atoms with Crippen molar-refractivity contribution in [3.05, 3.63) is 82.0 Å². The SMILES string of the molecule is CCOC(=O)c1ccccc1-[n+]1c(CC)[nH]c(=O)c(-c2ccccc2)c1C.[O-][Cl+3]([O-])([O-])[O-]. The zero-order chi connectivity index (χ0) is 23.9. The van der Waals surface area contributed by atoms with Gasteiger partial charge in [0.15, 0.2) is 0 Å². The molecule has 0 radical (unpaired) electrons. The molecule has 0 amide bonds. The van der Waals surface area contributed by atoms with Crippen LogP contribution in [0.2, 0.25) is 0 Å². The smallest absolute Gasteiger partial charge is 0.343 e. The molecule has 0 atom stereocenters. The summed E-state index contributed by atoms with van der Waals surface area (Å²) in [5, 5.41) is 0. The second-order valence-corrected chi connectivity index (χ2v) is 7.29. The van der Waals surface area contributed by atoms with Gasteiger partial charge in [-0.1, -0.05) is 49.4 Å². The molecule has 1 N–H and O–H groups in total. The summed E-state index contributed by atoms with van der Waals surface area (Å²) in [5.74, 6) is 0.350. The number of carbonyl (C=O) groups excluding carboxylic acids is 1. The molecule has 0 aliphatic rings. The van der Waals surface area contributed by atoms with Gasteiger partial charge in [-0.3, -0.25) is 0 Å². The first-order valence-corrected chi connectivity index (χ1v) is 10.9. The van der Waals surface area contributed by atoms with E-state index in [-0.39, 0.29) is 11.5 Å². The Morgan fingerprint density at radius 1 is 1.00 bits per heavy atom. The van der Waals surface area contributed by atoms with Gasteiger partial charge >= 0.3 is 11.5 Å². The Balaban J connectivity index is 0.000000654. The normalized spacial score (nSPS) is 10.8. The van der Waals surface area contributed by atoms with Crippen molar-refractivity contribution in [2.75, 3.05) is 6.61 Å². The fourth-order valence-electron chi connectivity index (χ4n) is 3.30. The number of esters is 1. The molecular weight excluding hydrogens is 440 g/mol. The molecule has 3 rings (SSSR count). The lowest BCUT2D eigenvalue weighted by Gasteiger charge is -2.17. The third-order valence-corrected chi connectivity index (χ3v) is 4.49. The number of aromatic nitrogens is 2. The van der Waals surface area contributed by atoms with Crippen molar-refractivity contribution >= 4 is 5.97 Å². The van der Waals surface area contributed by atoms with E-state index in [4.69, 9.17) is 23.4 Å². The van der Waals surface area contributed by atoms with Crippen molar-refractivity contribution in [2.24, 2.45) is 0 Å². The molecule has 0 bridgehead atoms. The second-order valence-electron chi connectivity index (χ2n) is 6.53. The molecule has 0 aliphatic carbocycles. The molecule has 0 saturated heterocycles. The Morgan fingerprint density at radius 3 is 2.12 bits per heavy atom. The number of ether oxygens (including phenoxy) is 1. The van der Waals surface area contributed by atoms with Crippen LogP contribution in [0.25, 0.3) is 16.8 Å². The van der Waals surface area contributed by atoms with Gasteiger partial charge in [0.2, 0.25) is 0 Å². The lowest BCUT2D eigenvalue weighted by molar-refractivity contribution is -2.00. The third-order valence-electron chi connectivity index (χ3n) is 4.49. The molecule has 9 nitrogen and oxygen atoms in total. The van der Waals surface area contributed by atoms with Crippen molar-refractivity contribution in [3.63, 3.8) is 0 Å². The van der Waals surface area contributed by atoms with E-state index in [1.54, 1.807) is 19.1 Å². The van der Waals surface area contributed by atoms with Gasteiger partial charge in [-0.25, -0.2) is 33.2 Å². The Morgan fingerprint density at radius 2 is 1.56 bits per heavy atom. The van der Waals surface area contributed by atoms with E-state index in [2.05, 4.69) is 4.98 Å². The van der Waals surface area contributed by atoms with E-state index in [0.29, 0.717) is 29.8 Å². The number of hydrogen-bond donors (Lipinski definition) is 1. The van der Waals surface area contributed by atoms with Gasteiger partial charge in [0.1, 0.15) is 22.5 Å². The predicted molar refractivity (Wildman–Crippen MR) is 104 cm³/mol. The van der Waals surface area contributed by atoms with E-state index in [0.717, 1.165) is 17.1 Å². The van der Waals surface area contributed by atoms with Gasteiger partial charge in [0.25, 0.3) is 5.82 Å². The maximum Gasteiger partial charge on any atom is 0.343 e. The van der Waals surface area contributed by atoms with Crippen molar-refractivity contribution in [3.8, 4) is 16.8 Å². The number of para-hydroxylation sites is 1. The molecule has 1 heterocycles. The average Bonchev–Trinajstić information content (AvgIpc) is 2.73. The summed E-state index contributed by atoms with van der Waals surface area (Å²) >= 11 is 0. The van der Waals surface area contributed by atoms with Crippen molar-refractivity contribution in [1.82, 2.24) is 4.98 Å². The lowest BCUT2D eigenvalue weighted by atomic mass is 10.0. The number of nitrogens with zero attached hydrogens (tertiary/aromatic N) is 1. The van der Waals surface area contributed by atoms with E-state index >= 15 is 0 Å². The highest BCUT2D eigenvalue weighted by Crippen LogP contribution is 2.19. The molecule has 0 unspecified atom stereocenters. The number of aryl methyl sites for hydroxylation is 1. The summed E-state index contributed by atoms with van der Waals surface area (Å²) in [4.78, 5) is 28.2.